The first-order chi connectivity index (χ1) is 5.27. The Morgan fingerprint density at radius 3 is 2.36 bits per heavy atom. The van der Waals surface area contributed by atoms with Gasteiger partial charge >= 0.3 is 0 Å². The molecule has 0 aromatic heterocycles. The summed E-state index contributed by atoms with van der Waals surface area (Å²) >= 11 is 0. The Kier molecular flexibility index (Phi) is 1.73. The minimum absolute atomic E-state index is 0.0525. The molecule has 0 atom stereocenters. The maximum absolute atomic E-state index is 10.6. The molecule has 1 rings (SSSR count). The fraction of sp³-hybridized carbons (Fsp3) is 0.125. The Morgan fingerprint density at radius 1 is 1.36 bits per heavy atom. The normalized spacial score (nSPS) is 12.9. The molecule has 3 nitrogen and oxygen atoms in total. The minimum Gasteiger partial charge on any atom is -0.284 e. The third-order valence-corrected chi connectivity index (χ3v) is 1.22. The third-order valence-electron chi connectivity index (χ3n) is 1.22. The summed E-state index contributed by atoms with van der Waals surface area (Å²) in [6.07, 6.45) is 0.0798. The lowest BCUT2D eigenvalue weighted by Gasteiger charge is -1.85. The van der Waals surface area contributed by atoms with Crippen LogP contribution in [0.25, 0.3) is 0 Å². The van der Waals surface area contributed by atoms with Crippen LogP contribution in [0, 0.1) is 34.5 Å². The number of Topliss-reactive ketones (excluding diaryl/α,β-unsaturated/α-hetero) is 1. The average Bonchev–Trinajstić information content (AvgIpc) is 2.39. The zero-order valence-corrected chi connectivity index (χ0v) is 5.51. The van der Waals surface area contributed by atoms with Crippen LogP contribution in [0.2, 0.25) is 0 Å². The van der Waals surface area contributed by atoms with Crippen LogP contribution in [0.15, 0.2) is 11.1 Å². The molecule has 0 aliphatic heterocycles. The molecule has 0 unspecified atom stereocenters. The average molecular weight is 142 g/mol. The summed E-state index contributed by atoms with van der Waals surface area (Å²) in [5.74, 6) is 4.48. The van der Waals surface area contributed by atoms with Crippen LogP contribution in [0.4, 0.5) is 0 Å². The monoisotopic (exact) mass is 142 g/mol. The lowest BCUT2D eigenvalue weighted by Crippen LogP contribution is -1.89. The van der Waals surface area contributed by atoms with Gasteiger partial charge in [-0.05, 0) is 5.92 Å². The van der Waals surface area contributed by atoms with Crippen molar-refractivity contribution in [1.29, 1.82) is 10.5 Å². The molecule has 0 spiro atoms. The van der Waals surface area contributed by atoms with E-state index < -0.39 is 0 Å². The molecule has 1 aliphatic carbocycles. The van der Waals surface area contributed by atoms with Gasteiger partial charge in [0, 0.05) is 5.57 Å². The summed E-state index contributed by atoms with van der Waals surface area (Å²) in [7, 11) is 0. The molecule has 0 N–H and O–H groups in total. The largest absolute Gasteiger partial charge is 0.284 e. The van der Waals surface area contributed by atoms with Gasteiger partial charge in [-0.3, -0.25) is 4.79 Å². The van der Waals surface area contributed by atoms with E-state index in [0.717, 1.165) is 0 Å². The predicted molar refractivity (Wildman–Crippen MR) is 35.7 cm³/mol. The van der Waals surface area contributed by atoms with E-state index in [1.165, 1.54) is 0 Å². The lowest BCUT2D eigenvalue weighted by atomic mass is 10.1. The highest BCUT2D eigenvalue weighted by Crippen LogP contribution is 2.11. The van der Waals surface area contributed by atoms with Crippen molar-refractivity contribution in [2.75, 3.05) is 0 Å². The van der Waals surface area contributed by atoms with Gasteiger partial charge in [0.15, 0.2) is 0 Å². The van der Waals surface area contributed by atoms with Gasteiger partial charge in [0.25, 0.3) is 0 Å². The molecular formula is C8H2N2O. The topological polar surface area (TPSA) is 64.7 Å². The van der Waals surface area contributed by atoms with E-state index in [2.05, 4.69) is 11.8 Å². The summed E-state index contributed by atoms with van der Waals surface area (Å²) < 4.78 is 0. The number of allylic oxidation sites excluding steroid dienone is 2. The zero-order valence-electron chi connectivity index (χ0n) is 5.51. The Labute approximate surface area is 63.5 Å². The lowest BCUT2D eigenvalue weighted by molar-refractivity contribution is -0.112. The van der Waals surface area contributed by atoms with Gasteiger partial charge in [0.05, 0.1) is 6.42 Å². The SMILES string of the molecule is N#CC(C#N)=C1C#CC(=O)C1. The number of hydrogen-bond acceptors (Lipinski definition) is 3. The van der Waals surface area contributed by atoms with E-state index in [1.54, 1.807) is 12.1 Å². The molecule has 50 valence electrons. The van der Waals surface area contributed by atoms with Gasteiger partial charge in [-0.15, -0.1) is 0 Å². The second kappa shape index (κ2) is 2.69. The molecule has 0 saturated heterocycles. The summed E-state index contributed by atoms with van der Waals surface area (Å²) in [6.45, 7) is 0. The molecule has 0 amide bonds. The maximum Gasteiger partial charge on any atom is 0.210 e. The van der Waals surface area contributed by atoms with Gasteiger partial charge in [-0.25, -0.2) is 0 Å². The van der Waals surface area contributed by atoms with Gasteiger partial charge in [-0.1, -0.05) is 5.92 Å². The molecule has 0 aromatic rings. The Morgan fingerprint density at radius 2 is 2.00 bits per heavy atom. The van der Waals surface area contributed by atoms with E-state index in [1.807, 2.05) is 0 Å². The van der Waals surface area contributed by atoms with Gasteiger partial charge < -0.3 is 0 Å². The smallest absolute Gasteiger partial charge is 0.210 e. The van der Waals surface area contributed by atoms with Gasteiger partial charge in [0.1, 0.15) is 17.7 Å². The number of hydrogen-bond donors (Lipinski definition) is 0. The minimum atomic E-state index is -0.233. The standard InChI is InChI=1S/C8H2N2O/c9-4-7(5-10)6-1-2-8(11)3-6/h3H2. The van der Waals surface area contributed by atoms with Gasteiger partial charge in [0.2, 0.25) is 5.78 Å². The van der Waals surface area contributed by atoms with Crippen LogP contribution in [-0.2, 0) is 4.79 Å². The van der Waals surface area contributed by atoms with Gasteiger partial charge in [-0.2, -0.15) is 10.5 Å². The van der Waals surface area contributed by atoms with Crippen molar-refractivity contribution in [3.05, 3.63) is 11.1 Å². The molecule has 11 heavy (non-hydrogen) atoms. The predicted octanol–water partition coefficient (Wildman–Crippen LogP) is 0.306. The molecule has 0 aromatic carbocycles. The van der Waals surface area contributed by atoms with Crippen molar-refractivity contribution >= 4 is 5.78 Å². The van der Waals surface area contributed by atoms with Crippen LogP contribution in [0.3, 0.4) is 0 Å². The van der Waals surface area contributed by atoms with E-state index in [-0.39, 0.29) is 17.8 Å². The highest BCUT2D eigenvalue weighted by molar-refractivity contribution is 6.02. The van der Waals surface area contributed by atoms with Crippen LogP contribution >= 0.6 is 0 Å². The van der Waals surface area contributed by atoms with Crippen LogP contribution in [-0.4, -0.2) is 5.78 Å². The van der Waals surface area contributed by atoms with E-state index >= 15 is 0 Å². The second-order valence-electron chi connectivity index (χ2n) is 1.93. The first kappa shape index (κ1) is 7.06. The number of carbonyl (C=O) groups excluding carboxylic acids is 1. The molecule has 0 fully saturated rings. The van der Waals surface area contributed by atoms with Crippen molar-refractivity contribution in [2.45, 2.75) is 6.42 Å². The summed E-state index contributed by atoms with van der Waals surface area (Å²) in [6, 6.07) is 3.36. The number of nitrogens with zero attached hydrogens (tertiary/aromatic N) is 2. The highest BCUT2D eigenvalue weighted by Gasteiger charge is 2.12. The Hall–Kier alpha value is -2.05. The second-order valence-corrected chi connectivity index (χ2v) is 1.93. The summed E-state index contributed by atoms with van der Waals surface area (Å²) in [5.41, 5.74) is 0.295. The molecule has 0 radical (unpaired) electrons. The summed E-state index contributed by atoms with van der Waals surface area (Å²) in [5, 5.41) is 16.7. The number of carbonyl (C=O) groups is 1. The number of ketones is 1. The highest BCUT2D eigenvalue weighted by atomic mass is 16.1. The van der Waals surface area contributed by atoms with E-state index in [4.69, 9.17) is 10.5 Å². The van der Waals surface area contributed by atoms with E-state index in [9.17, 15) is 4.79 Å². The Balaban J connectivity index is 3.08. The quantitative estimate of drug-likeness (QED) is 0.277. The molecular weight excluding hydrogens is 140 g/mol. The molecule has 0 saturated carbocycles. The fourth-order valence-corrected chi connectivity index (χ4v) is 0.705. The zero-order chi connectivity index (χ0) is 8.27. The van der Waals surface area contributed by atoms with Crippen LogP contribution in [0.5, 0.6) is 0 Å². The molecule has 3 heteroatoms. The van der Waals surface area contributed by atoms with Crippen molar-refractivity contribution in [3.63, 3.8) is 0 Å². The van der Waals surface area contributed by atoms with Crippen LogP contribution < -0.4 is 0 Å². The van der Waals surface area contributed by atoms with Crippen molar-refractivity contribution in [1.82, 2.24) is 0 Å². The first-order valence-corrected chi connectivity index (χ1v) is 2.86. The maximum atomic E-state index is 10.6. The van der Waals surface area contributed by atoms with Crippen molar-refractivity contribution < 1.29 is 4.79 Å². The Bertz CT molecular complexity index is 363. The number of nitriles is 2. The molecule has 1 aliphatic rings. The fourth-order valence-electron chi connectivity index (χ4n) is 0.705. The van der Waals surface area contributed by atoms with Crippen LogP contribution in [0.1, 0.15) is 6.42 Å². The molecule has 0 bridgehead atoms. The van der Waals surface area contributed by atoms with Crippen molar-refractivity contribution in [2.24, 2.45) is 0 Å². The first-order valence-electron chi connectivity index (χ1n) is 2.86. The molecule has 0 heterocycles. The summed E-state index contributed by atoms with van der Waals surface area (Å²) in [4.78, 5) is 10.6. The van der Waals surface area contributed by atoms with Crippen molar-refractivity contribution in [3.8, 4) is 24.0 Å². The number of rotatable bonds is 0. The third kappa shape index (κ3) is 1.26. The van der Waals surface area contributed by atoms with E-state index in [0.29, 0.717) is 5.57 Å².